The molecule has 1 aromatic rings. The lowest BCUT2D eigenvalue weighted by Gasteiger charge is -2.35. The van der Waals surface area contributed by atoms with Crippen molar-refractivity contribution in [2.75, 3.05) is 26.7 Å². The number of ether oxygens (including phenoxy) is 1. The summed E-state index contributed by atoms with van der Waals surface area (Å²) in [5.74, 6) is -0.905. The minimum absolute atomic E-state index is 0.0839. The monoisotopic (exact) mass is 370 g/mol. The largest absolute Gasteiger partial charge is 0.464 e. The standard InChI is InChI=1S/C18H24ClFN2O3/c1-3-25-18(24)16-9-4-5-10-22(16)17(23)12-21(2)11-13-14(19)7-6-8-15(13)20/h6-8,16H,3-5,9-12H2,1-2H3. The number of likely N-dealkylation sites (tertiary alicyclic amines) is 1. The van der Waals surface area contributed by atoms with E-state index in [4.69, 9.17) is 16.3 Å². The molecule has 25 heavy (non-hydrogen) atoms. The summed E-state index contributed by atoms with van der Waals surface area (Å²) < 4.78 is 19.0. The zero-order valence-corrected chi connectivity index (χ0v) is 15.4. The lowest BCUT2D eigenvalue weighted by atomic mass is 10.0. The molecule has 1 atom stereocenters. The van der Waals surface area contributed by atoms with Crippen LogP contribution in [0, 0.1) is 5.82 Å². The molecule has 1 aromatic carbocycles. The SMILES string of the molecule is CCOC(=O)C1CCCCN1C(=O)CN(C)Cc1c(F)cccc1Cl. The van der Waals surface area contributed by atoms with Gasteiger partial charge in [-0.25, -0.2) is 9.18 Å². The predicted molar refractivity (Wildman–Crippen MR) is 93.7 cm³/mol. The van der Waals surface area contributed by atoms with Gasteiger partial charge in [-0.2, -0.15) is 0 Å². The van der Waals surface area contributed by atoms with Crippen molar-refractivity contribution in [3.8, 4) is 0 Å². The Morgan fingerprint density at radius 3 is 2.84 bits per heavy atom. The van der Waals surface area contributed by atoms with Crippen LogP contribution in [0.4, 0.5) is 4.39 Å². The fraction of sp³-hybridized carbons (Fsp3) is 0.556. The van der Waals surface area contributed by atoms with Crippen molar-refractivity contribution < 1.29 is 18.7 Å². The number of hydrogen-bond acceptors (Lipinski definition) is 4. The number of carbonyl (C=O) groups is 2. The van der Waals surface area contributed by atoms with Crippen molar-refractivity contribution in [3.05, 3.63) is 34.6 Å². The molecule has 0 bridgehead atoms. The molecule has 1 unspecified atom stereocenters. The van der Waals surface area contributed by atoms with Crippen molar-refractivity contribution in [2.45, 2.75) is 38.8 Å². The highest BCUT2D eigenvalue weighted by Crippen LogP contribution is 2.21. The third-order valence-electron chi connectivity index (χ3n) is 4.28. The second-order valence-electron chi connectivity index (χ2n) is 6.22. The summed E-state index contributed by atoms with van der Waals surface area (Å²) in [5, 5.41) is 0.335. The van der Waals surface area contributed by atoms with Gasteiger partial charge in [-0.15, -0.1) is 0 Å². The Labute approximate surface area is 152 Å². The molecule has 5 nitrogen and oxygen atoms in total. The molecule has 0 spiro atoms. The van der Waals surface area contributed by atoms with Crippen LogP contribution < -0.4 is 0 Å². The predicted octanol–water partition coefficient (Wildman–Crippen LogP) is 2.86. The van der Waals surface area contributed by atoms with E-state index in [9.17, 15) is 14.0 Å². The normalized spacial score (nSPS) is 17.6. The second kappa shape index (κ2) is 9.15. The average Bonchev–Trinajstić information content (AvgIpc) is 2.58. The van der Waals surface area contributed by atoms with Gasteiger partial charge >= 0.3 is 5.97 Å². The van der Waals surface area contributed by atoms with Crippen LogP contribution >= 0.6 is 11.6 Å². The van der Waals surface area contributed by atoms with Gasteiger partial charge in [0, 0.05) is 23.7 Å². The van der Waals surface area contributed by atoms with Crippen LogP contribution in [0.1, 0.15) is 31.7 Å². The van der Waals surface area contributed by atoms with Crippen molar-refractivity contribution in [3.63, 3.8) is 0 Å². The number of likely N-dealkylation sites (N-methyl/N-ethyl adjacent to an activating group) is 1. The maximum Gasteiger partial charge on any atom is 0.328 e. The highest BCUT2D eigenvalue weighted by atomic mass is 35.5. The number of halogens is 2. The first-order valence-electron chi connectivity index (χ1n) is 8.51. The average molecular weight is 371 g/mol. The zero-order valence-electron chi connectivity index (χ0n) is 14.6. The van der Waals surface area contributed by atoms with E-state index in [1.165, 1.54) is 6.07 Å². The van der Waals surface area contributed by atoms with E-state index in [-0.39, 0.29) is 25.0 Å². The van der Waals surface area contributed by atoms with Crippen LogP contribution in [0.2, 0.25) is 5.02 Å². The Kier molecular flexibility index (Phi) is 7.20. The van der Waals surface area contributed by atoms with Gasteiger partial charge in [0.1, 0.15) is 11.9 Å². The summed E-state index contributed by atoms with van der Waals surface area (Å²) in [4.78, 5) is 28.0. The van der Waals surface area contributed by atoms with E-state index >= 15 is 0 Å². The van der Waals surface area contributed by atoms with Crippen molar-refractivity contribution in [1.29, 1.82) is 0 Å². The van der Waals surface area contributed by atoms with Crippen LogP contribution in [-0.2, 0) is 20.9 Å². The third-order valence-corrected chi connectivity index (χ3v) is 4.63. The molecule has 1 fully saturated rings. The highest BCUT2D eigenvalue weighted by molar-refractivity contribution is 6.31. The first-order valence-corrected chi connectivity index (χ1v) is 8.89. The van der Waals surface area contributed by atoms with Gasteiger partial charge in [-0.05, 0) is 45.4 Å². The summed E-state index contributed by atoms with van der Waals surface area (Å²) in [7, 11) is 1.73. The van der Waals surface area contributed by atoms with Gasteiger partial charge in [0.2, 0.25) is 5.91 Å². The smallest absolute Gasteiger partial charge is 0.328 e. The fourth-order valence-electron chi connectivity index (χ4n) is 3.04. The number of carbonyl (C=O) groups excluding carboxylic acids is 2. The zero-order chi connectivity index (χ0) is 18.4. The number of rotatable bonds is 6. The Hall–Kier alpha value is -1.66. The molecular weight excluding hydrogens is 347 g/mol. The van der Waals surface area contributed by atoms with Gasteiger partial charge in [0.15, 0.2) is 0 Å². The van der Waals surface area contributed by atoms with E-state index < -0.39 is 11.9 Å². The molecule has 1 aliphatic rings. The highest BCUT2D eigenvalue weighted by Gasteiger charge is 2.33. The molecule has 1 aliphatic heterocycles. The first-order chi connectivity index (χ1) is 11.9. The molecule has 7 heteroatoms. The molecule has 1 heterocycles. The fourth-order valence-corrected chi connectivity index (χ4v) is 3.27. The van der Waals surface area contributed by atoms with Crippen LogP contribution in [0.5, 0.6) is 0 Å². The summed E-state index contributed by atoms with van der Waals surface area (Å²) in [6, 6.07) is 3.99. The summed E-state index contributed by atoms with van der Waals surface area (Å²) in [6.45, 7) is 2.88. The topological polar surface area (TPSA) is 49.9 Å². The van der Waals surface area contributed by atoms with E-state index in [2.05, 4.69) is 0 Å². The lowest BCUT2D eigenvalue weighted by Crippen LogP contribution is -2.51. The van der Waals surface area contributed by atoms with Crippen molar-refractivity contribution in [2.24, 2.45) is 0 Å². The van der Waals surface area contributed by atoms with Crippen LogP contribution in [0.25, 0.3) is 0 Å². The molecule has 1 amide bonds. The lowest BCUT2D eigenvalue weighted by molar-refractivity contribution is -0.157. The number of piperidine rings is 1. The number of nitrogens with zero attached hydrogens (tertiary/aromatic N) is 2. The molecular formula is C18H24ClFN2O3. The second-order valence-corrected chi connectivity index (χ2v) is 6.63. The van der Waals surface area contributed by atoms with Gasteiger partial charge in [0.05, 0.1) is 13.2 Å². The quantitative estimate of drug-likeness (QED) is 0.722. The number of hydrogen-bond donors (Lipinski definition) is 0. The van der Waals surface area contributed by atoms with E-state index in [0.29, 0.717) is 30.2 Å². The maximum atomic E-state index is 13.9. The van der Waals surface area contributed by atoms with Gasteiger partial charge in [-0.3, -0.25) is 9.69 Å². The van der Waals surface area contributed by atoms with Gasteiger partial charge < -0.3 is 9.64 Å². The van der Waals surface area contributed by atoms with E-state index in [1.54, 1.807) is 35.9 Å². The Morgan fingerprint density at radius 1 is 1.40 bits per heavy atom. The molecule has 0 aromatic heterocycles. The number of benzene rings is 1. The first kappa shape index (κ1) is 19.7. The van der Waals surface area contributed by atoms with Gasteiger partial charge in [0.25, 0.3) is 0 Å². The third kappa shape index (κ3) is 5.16. The Morgan fingerprint density at radius 2 is 2.16 bits per heavy atom. The molecule has 0 saturated carbocycles. The van der Waals surface area contributed by atoms with Gasteiger partial charge in [-0.1, -0.05) is 17.7 Å². The maximum absolute atomic E-state index is 13.9. The molecule has 0 radical (unpaired) electrons. The van der Waals surface area contributed by atoms with E-state index in [1.807, 2.05) is 0 Å². The van der Waals surface area contributed by atoms with Crippen LogP contribution in [-0.4, -0.2) is 54.5 Å². The van der Waals surface area contributed by atoms with E-state index in [0.717, 1.165) is 12.8 Å². The summed E-state index contributed by atoms with van der Waals surface area (Å²) >= 11 is 6.04. The molecule has 0 N–H and O–H groups in total. The molecule has 0 aliphatic carbocycles. The van der Waals surface area contributed by atoms with Crippen LogP contribution in [0.15, 0.2) is 18.2 Å². The Bertz CT molecular complexity index is 606. The molecule has 1 saturated heterocycles. The number of esters is 1. The van der Waals surface area contributed by atoms with Crippen molar-refractivity contribution in [1.82, 2.24) is 9.80 Å². The molecule has 138 valence electrons. The Balaban J connectivity index is 2.00. The summed E-state index contributed by atoms with van der Waals surface area (Å²) in [5.41, 5.74) is 0.361. The summed E-state index contributed by atoms with van der Waals surface area (Å²) in [6.07, 6.45) is 2.38. The van der Waals surface area contributed by atoms with Crippen molar-refractivity contribution >= 4 is 23.5 Å². The van der Waals surface area contributed by atoms with Crippen LogP contribution in [0.3, 0.4) is 0 Å². The minimum atomic E-state index is -0.522. The molecule has 2 rings (SSSR count). The minimum Gasteiger partial charge on any atom is -0.464 e. The number of amides is 1.